The van der Waals surface area contributed by atoms with Gasteiger partial charge in [-0.15, -0.1) is 0 Å². The van der Waals surface area contributed by atoms with Crippen LogP contribution in [0.25, 0.3) is 11.2 Å². The van der Waals surface area contributed by atoms with Crippen molar-refractivity contribution >= 4 is 17.0 Å². The number of fused-ring (bicyclic) bond motifs is 1. The molecule has 4 rings (SSSR count). The maximum absolute atomic E-state index is 4.59. The Labute approximate surface area is 129 Å². The number of aromatic nitrogens is 4. The largest absolute Gasteiger partial charge is 0.355 e. The van der Waals surface area contributed by atoms with Crippen molar-refractivity contribution in [2.75, 3.05) is 18.0 Å². The zero-order valence-electron chi connectivity index (χ0n) is 12.5. The molecule has 0 saturated carbocycles. The lowest BCUT2D eigenvalue weighted by Crippen LogP contribution is -2.30. The van der Waals surface area contributed by atoms with E-state index in [4.69, 9.17) is 0 Å². The molecule has 1 fully saturated rings. The Kier molecular flexibility index (Phi) is 3.46. The third-order valence-electron chi connectivity index (χ3n) is 4.23. The molecular weight excluding hydrogens is 274 g/mol. The monoisotopic (exact) mass is 293 g/mol. The fourth-order valence-corrected chi connectivity index (χ4v) is 3.10. The number of nitrogens with zero attached hydrogens (tertiary/aromatic N) is 5. The summed E-state index contributed by atoms with van der Waals surface area (Å²) in [4.78, 5) is 15.9. The van der Waals surface area contributed by atoms with E-state index in [1.54, 1.807) is 6.33 Å². The van der Waals surface area contributed by atoms with Crippen LogP contribution in [0.1, 0.15) is 24.8 Å². The van der Waals surface area contributed by atoms with Crippen molar-refractivity contribution in [3.8, 4) is 0 Å². The van der Waals surface area contributed by atoms with Gasteiger partial charge in [-0.2, -0.15) is 0 Å². The van der Waals surface area contributed by atoms with Crippen molar-refractivity contribution in [1.82, 2.24) is 19.5 Å². The highest BCUT2D eigenvalue weighted by Crippen LogP contribution is 2.24. The Bertz CT molecular complexity index is 759. The van der Waals surface area contributed by atoms with Gasteiger partial charge in [0.1, 0.15) is 6.33 Å². The van der Waals surface area contributed by atoms with Crippen LogP contribution < -0.4 is 4.90 Å². The quantitative estimate of drug-likeness (QED) is 0.745. The number of piperidine rings is 1. The summed E-state index contributed by atoms with van der Waals surface area (Å²) in [5.74, 6) is 0.983. The van der Waals surface area contributed by atoms with Gasteiger partial charge in [-0.05, 0) is 24.8 Å². The molecule has 3 heterocycles. The fraction of sp³-hybridized carbons (Fsp3) is 0.353. The van der Waals surface area contributed by atoms with Crippen LogP contribution in [0.15, 0.2) is 43.0 Å². The van der Waals surface area contributed by atoms with Crippen LogP contribution in [-0.2, 0) is 6.54 Å². The van der Waals surface area contributed by atoms with Crippen LogP contribution in [0.3, 0.4) is 0 Å². The molecule has 1 saturated heterocycles. The van der Waals surface area contributed by atoms with Crippen molar-refractivity contribution in [2.24, 2.45) is 0 Å². The van der Waals surface area contributed by atoms with Gasteiger partial charge < -0.3 is 9.47 Å². The maximum atomic E-state index is 4.59. The van der Waals surface area contributed by atoms with Gasteiger partial charge in [-0.1, -0.05) is 30.3 Å². The molecular formula is C17H19N5. The summed E-state index contributed by atoms with van der Waals surface area (Å²) in [6, 6.07) is 10.4. The summed E-state index contributed by atoms with van der Waals surface area (Å²) in [7, 11) is 0. The second-order valence-corrected chi connectivity index (χ2v) is 5.78. The van der Waals surface area contributed by atoms with Gasteiger partial charge in [-0.25, -0.2) is 15.0 Å². The third kappa shape index (κ3) is 2.43. The molecule has 2 aromatic heterocycles. The van der Waals surface area contributed by atoms with Crippen LogP contribution >= 0.6 is 0 Å². The smallest absolute Gasteiger partial charge is 0.165 e. The molecule has 112 valence electrons. The molecule has 1 aliphatic rings. The molecule has 3 aromatic rings. The molecule has 0 unspecified atom stereocenters. The molecule has 0 N–H and O–H groups in total. The molecule has 0 amide bonds. The van der Waals surface area contributed by atoms with E-state index in [2.05, 4.69) is 48.7 Å². The molecule has 5 heteroatoms. The Hall–Kier alpha value is -2.43. The van der Waals surface area contributed by atoms with Crippen LogP contribution in [-0.4, -0.2) is 32.6 Å². The molecule has 0 bridgehead atoms. The Balaban J connectivity index is 1.70. The van der Waals surface area contributed by atoms with E-state index in [9.17, 15) is 0 Å². The van der Waals surface area contributed by atoms with Gasteiger partial charge in [-0.3, -0.25) is 0 Å². The van der Waals surface area contributed by atoms with E-state index in [1.165, 1.54) is 24.8 Å². The van der Waals surface area contributed by atoms with E-state index in [0.29, 0.717) is 0 Å². The molecule has 1 aliphatic heterocycles. The predicted molar refractivity (Wildman–Crippen MR) is 86.9 cm³/mol. The van der Waals surface area contributed by atoms with Gasteiger partial charge >= 0.3 is 0 Å². The molecule has 22 heavy (non-hydrogen) atoms. The van der Waals surface area contributed by atoms with E-state index >= 15 is 0 Å². The zero-order chi connectivity index (χ0) is 14.8. The number of rotatable bonds is 3. The lowest BCUT2D eigenvalue weighted by Gasteiger charge is -2.27. The van der Waals surface area contributed by atoms with Crippen LogP contribution in [0.4, 0.5) is 5.82 Å². The highest BCUT2D eigenvalue weighted by molar-refractivity contribution is 5.83. The molecule has 0 spiro atoms. The van der Waals surface area contributed by atoms with E-state index < -0.39 is 0 Å². The lowest BCUT2D eigenvalue weighted by molar-refractivity contribution is 0.574. The normalized spacial score (nSPS) is 15.4. The van der Waals surface area contributed by atoms with E-state index in [0.717, 1.165) is 36.6 Å². The van der Waals surface area contributed by atoms with Gasteiger partial charge in [0.2, 0.25) is 0 Å². The summed E-state index contributed by atoms with van der Waals surface area (Å²) >= 11 is 0. The molecule has 0 aliphatic carbocycles. The summed E-state index contributed by atoms with van der Waals surface area (Å²) in [6.07, 6.45) is 7.31. The van der Waals surface area contributed by atoms with Crippen LogP contribution in [0, 0.1) is 0 Å². The van der Waals surface area contributed by atoms with Crippen molar-refractivity contribution in [2.45, 2.75) is 25.8 Å². The fourth-order valence-electron chi connectivity index (χ4n) is 3.10. The summed E-state index contributed by atoms with van der Waals surface area (Å²) in [5.41, 5.74) is 3.08. The van der Waals surface area contributed by atoms with Gasteiger partial charge in [0.15, 0.2) is 17.0 Å². The zero-order valence-corrected chi connectivity index (χ0v) is 12.5. The first-order valence-electron chi connectivity index (χ1n) is 7.86. The Morgan fingerprint density at radius 3 is 2.55 bits per heavy atom. The summed E-state index contributed by atoms with van der Waals surface area (Å²) < 4.78 is 2.10. The first-order chi connectivity index (χ1) is 10.9. The van der Waals surface area contributed by atoms with Gasteiger partial charge in [0.05, 0.1) is 12.9 Å². The number of anilines is 1. The summed E-state index contributed by atoms with van der Waals surface area (Å²) in [6.45, 7) is 2.92. The average Bonchev–Trinajstić information content (AvgIpc) is 3.00. The minimum Gasteiger partial charge on any atom is -0.355 e. The predicted octanol–water partition coefficient (Wildman–Crippen LogP) is 2.86. The first-order valence-corrected chi connectivity index (χ1v) is 7.86. The van der Waals surface area contributed by atoms with Crippen LogP contribution in [0.2, 0.25) is 0 Å². The summed E-state index contributed by atoms with van der Waals surface area (Å²) in [5, 5.41) is 0. The molecule has 5 nitrogen and oxygen atoms in total. The average molecular weight is 293 g/mol. The van der Waals surface area contributed by atoms with E-state index in [-0.39, 0.29) is 0 Å². The first kappa shape index (κ1) is 13.2. The number of imidazole rings is 1. The Morgan fingerprint density at radius 1 is 0.909 bits per heavy atom. The highest BCUT2D eigenvalue weighted by atomic mass is 15.2. The second-order valence-electron chi connectivity index (χ2n) is 5.78. The third-order valence-corrected chi connectivity index (χ3v) is 4.23. The number of hydrogen-bond acceptors (Lipinski definition) is 4. The van der Waals surface area contributed by atoms with Crippen molar-refractivity contribution in [3.63, 3.8) is 0 Å². The van der Waals surface area contributed by atoms with Gasteiger partial charge in [0.25, 0.3) is 0 Å². The topological polar surface area (TPSA) is 46.8 Å². The Morgan fingerprint density at radius 2 is 1.73 bits per heavy atom. The minimum atomic E-state index is 0.786. The number of hydrogen-bond donors (Lipinski definition) is 0. The maximum Gasteiger partial charge on any atom is 0.165 e. The standard InChI is InChI=1S/C17H19N5/c1-3-7-14(8-4-1)11-22-13-20-15-16(18-12-19-17(15)22)21-9-5-2-6-10-21/h1,3-4,7-8,12-13H,2,5-6,9-11H2. The van der Waals surface area contributed by atoms with Gasteiger partial charge in [0, 0.05) is 13.1 Å². The molecule has 0 atom stereocenters. The molecule has 0 radical (unpaired) electrons. The number of benzene rings is 1. The van der Waals surface area contributed by atoms with Crippen LogP contribution in [0.5, 0.6) is 0 Å². The van der Waals surface area contributed by atoms with Crippen molar-refractivity contribution in [1.29, 1.82) is 0 Å². The van der Waals surface area contributed by atoms with Crippen molar-refractivity contribution in [3.05, 3.63) is 48.5 Å². The SMILES string of the molecule is c1ccc(Cn2cnc3c(N4CCCCC4)ncnc32)cc1. The second kappa shape index (κ2) is 5.75. The molecule has 1 aromatic carbocycles. The van der Waals surface area contributed by atoms with E-state index in [1.807, 2.05) is 12.4 Å². The minimum absolute atomic E-state index is 0.786. The lowest BCUT2D eigenvalue weighted by atomic mass is 10.1. The van der Waals surface area contributed by atoms with Crippen molar-refractivity contribution < 1.29 is 0 Å². The highest BCUT2D eigenvalue weighted by Gasteiger charge is 2.18.